The molecule has 0 aliphatic rings. The number of aryl methyl sites for hydroxylation is 1. The van der Waals surface area contributed by atoms with Crippen LogP contribution in [0.4, 0.5) is 5.95 Å². The second-order valence-electron chi connectivity index (χ2n) is 4.73. The second kappa shape index (κ2) is 5.26. The van der Waals surface area contributed by atoms with Crippen LogP contribution in [-0.2, 0) is 13.1 Å². The van der Waals surface area contributed by atoms with Gasteiger partial charge in [0.05, 0.1) is 6.54 Å². The summed E-state index contributed by atoms with van der Waals surface area (Å²) in [6, 6.07) is 12.0. The van der Waals surface area contributed by atoms with E-state index in [0.29, 0.717) is 12.5 Å². The minimum absolute atomic E-state index is 0.472. The van der Waals surface area contributed by atoms with Gasteiger partial charge in [-0.25, -0.2) is 9.13 Å². The zero-order valence-corrected chi connectivity index (χ0v) is 12.2. The van der Waals surface area contributed by atoms with E-state index < -0.39 is 6.10 Å². The zero-order chi connectivity index (χ0) is 14.1. The predicted molar refractivity (Wildman–Crippen MR) is 81.5 cm³/mol. The normalized spacial score (nSPS) is 12.9. The van der Waals surface area contributed by atoms with Crippen LogP contribution in [0.1, 0.15) is 17.9 Å². The van der Waals surface area contributed by atoms with Crippen molar-refractivity contribution in [3.8, 4) is 0 Å². The summed E-state index contributed by atoms with van der Waals surface area (Å²) in [5, 5.41) is 12.3. The molecule has 1 unspecified atom stereocenters. The van der Waals surface area contributed by atoms with Crippen LogP contribution in [0, 0.1) is 0 Å². The Balaban J connectivity index is 2.05. The van der Waals surface area contributed by atoms with E-state index in [0.717, 1.165) is 22.5 Å². The number of benzene rings is 1. The molecule has 0 bridgehead atoms. The summed E-state index contributed by atoms with van der Waals surface area (Å²) in [6.07, 6.45) is -0.529. The number of hydrogen-bond acceptors (Lipinski definition) is 3. The molecule has 3 rings (SSSR count). The maximum absolute atomic E-state index is 10.4. The minimum atomic E-state index is -0.529. The molecule has 0 spiro atoms. The topological polar surface area (TPSA) is 55.1 Å². The molecule has 104 valence electrons. The van der Waals surface area contributed by atoms with Gasteiger partial charge in [-0.2, -0.15) is 0 Å². The third-order valence-electron chi connectivity index (χ3n) is 3.56. The Bertz CT molecular complexity index is 718. The van der Waals surface area contributed by atoms with Crippen molar-refractivity contribution in [1.82, 2.24) is 4.57 Å². The van der Waals surface area contributed by atoms with Crippen LogP contribution in [0.5, 0.6) is 0 Å². The van der Waals surface area contributed by atoms with Gasteiger partial charge in [0.15, 0.2) is 0 Å². The van der Waals surface area contributed by atoms with Gasteiger partial charge in [-0.05, 0) is 30.5 Å². The fraction of sp³-hybridized carbons (Fsp3) is 0.267. The highest BCUT2D eigenvalue weighted by Crippen LogP contribution is 2.21. The number of aromatic nitrogens is 2. The van der Waals surface area contributed by atoms with Crippen molar-refractivity contribution in [2.75, 3.05) is 5.73 Å². The number of thiophene rings is 1. The molecule has 2 aromatic heterocycles. The zero-order valence-electron chi connectivity index (χ0n) is 11.4. The number of para-hydroxylation sites is 2. The van der Waals surface area contributed by atoms with E-state index in [2.05, 4.69) is 17.6 Å². The number of anilines is 1. The monoisotopic (exact) mass is 288 g/mol. The number of aliphatic hydroxyl groups excluding tert-OH is 1. The lowest BCUT2D eigenvalue weighted by Gasteiger charge is -2.08. The van der Waals surface area contributed by atoms with Gasteiger partial charge < -0.3 is 5.11 Å². The van der Waals surface area contributed by atoms with E-state index in [1.54, 1.807) is 11.3 Å². The fourth-order valence-electron chi connectivity index (χ4n) is 2.58. The number of fused-ring (bicyclic) bond motifs is 1. The highest BCUT2D eigenvalue weighted by molar-refractivity contribution is 7.10. The van der Waals surface area contributed by atoms with E-state index in [1.165, 1.54) is 0 Å². The van der Waals surface area contributed by atoms with E-state index in [9.17, 15) is 5.11 Å². The summed E-state index contributed by atoms with van der Waals surface area (Å²) in [6.45, 7) is 3.36. The molecule has 0 saturated carbocycles. The lowest BCUT2D eigenvalue weighted by molar-refractivity contribution is -0.666. The molecule has 0 saturated heterocycles. The van der Waals surface area contributed by atoms with Crippen molar-refractivity contribution in [1.29, 1.82) is 0 Å². The van der Waals surface area contributed by atoms with E-state index in [-0.39, 0.29) is 0 Å². The van der Waals surface area contributed by atoms with E-state index in [4.69, 9.17) is 5.73 Å². The number of nitrogens with two attached hydrogens (primary N) is 1. The van der Waals surface area contributed by atoms with Crippen LogP contribution < -0.4 is 10.3 Å². The molecule has 5 heteroatoms. The number of hydrogen-bond donors (Lipinski definition) is 2. The summed E-state index contributed by atoms with van der Waals surface area (Å²) in [4.78, 5) is 0.963. The van der Waals surface area contributed by atoms with Crippen LogP contribution in [0.2, 0.25) is 0 Å². The van der Waals surface area contributed by atoms with E-state index >= 15 is 0 Å². The summed E-state index contributed by atoms with van der Waals surface area (Å²) < 4.78 is 4.06. The number of nitrogen functional groups attached to an aromatic ring is 1. The second-order valence-corrected chi connectivity index (χ2v) is 5.71. The highest BCUT2D eigenvalue weighted by Gasteiger charge is 2.22. The van der Waals surface area contributed by atoms with Crippen LogP contribution in [0.3, 0.4) is 0 Å². The van der Waals surface area contributed by atoms with Crippen LogP contribution in [-0.4, -0.2) is 9.67 Å². The molecular formula is C15H18N3OS+. The van der Waals surface area contributed by atoms with Gasteiger partial charge in [0, 0.05) is 4.88 Å². The Morgan fingerprint density at radius 2 is 2.10 bits per heavy atom. The Morgan fingerprint density at radius 3 is 2.80 bits per heavy atom. The Hall–Kier alpha value is -1.85. The maximum Gasteiger partial charge on any atom is 0.356 e. The highest BCUT2D eigenvalue weighted by atomic mass is 32.1. The van der Waals surface area contributed by atoms with Gasteiger partial charge in [0.2, 0.25) is 0 Å². The van der Waals surface area contributed by atoms with Crippen molar-refractivity contribution in [2.45, 2.75) is 26.1 Å². The van der Waals surface area contributed by atoms with Crippen LogP contribution >= 0.6 is 11.3 Å². The van der Waals surface area contributed by atoms with Crippen molar-refractivity contribution >= 4 is 28.3 Å². The van der Waals surface area contributed by atoms with Crippen molar-refractivity contribution < 1.29 is 9.67 Å². The van der Waals surface area contributed by atoms with Gasteiger partial charge in [-0.15, -0.1) is 11.3 Å². The lowest BCUT2D eigenvalue weighted by Crippen LogP contribution is -2.39. The Labute approximate surface area is 121 Å². The standard InChI is InChI=1S/C15H17N3OS/c1-2-17-11-6-3-4-7-12(11)18(15(17)16)10-13(19)14-8-5-9-20-14/h3-9,13,16,19H,2,10H2,1H3/p+1. The SMILES string of the molecule is CCn1c(N)[n+](CC(O)c2cccs2)c2ccccc21. The van der Waals surface area contributed by atoms with Crippen LogP contribution in [0.25, 0.3) is 11.0 Å². The maximum atomic E-state index is 10.4. The summed E-state index contributed by atoms with van der Waals surface area (Å²) >= 11 is 1.56. The number of aliphatic hydroxyl groups is 1. The molecule has 1 atom stereocenters. The number of rotatable bonds is 4. The molecule has 3 N–H and O–H groups in total. The molecule has 20 heavy (non-hydrogen) atoms. The van der Waals surface area contributed by atoms with Gasteiger partial charge in [0.1, 0.15) is 23.7 Å². The third kappa shape index (κ3) is 2.09. The predicted octanol–water partition coefficient (Wildman–Crippen LogP) is 2.33. The smallest absolute Gasteiger partial charge is 0.356 e. The minimum Gasteiger partial charge on any atom is -0.384 e. The molecule has 2 heterocycles. The molecule has 0 aliphatic carbocycles. The van der Waals surface area contributed by atoms with E-state index in [1.807, 2.05) is 40.3 Å². The first kappa shape index (κ1) is 13.1. The quantitative estimate of drug-likeness (QED) is 0.724. The Morgan fingerprint density at radius 1 is 1.30 bits per heavy atom. The summed E-state index contributed by atoms with van der Waals surface area (Å²) in [5.74, 6) is 0.685. The van der Waals surface area contributed by atoms with Crippen LogP contribution in [0.15, 0.2) is 41.8 Å². The largest absolute Gasteiger partial charge is 0.384 e. The first-order valence-corrected chi connectivity index (χ1v) is 7.58. The molecule has 0 radical (unpaired) electrons. The average molecular weight is 288 g/mol. The first-order chi connectivity index (χ1) is 9.72. The molecule has 4 nitrogen and oxygen atoms in total. The molecule has 0 amide bonds. The van der Waals surface area contributed by atoms with Gasteiger partial charge in [0.25, 0.3) is 0 Å². The molecular weight excluding hydrogens is 270 g/mol. The fourth-order valence-corrected chi connectivity index (χ4v) is 3.28. The molecule has 3 aromatic rings. The van der Waals surface area contributed by atoms with Crippen molar-refractivity contribution in [3.63, 3.8) is 0 Å². The molecule has 0 aliphatic heterocycles. The van der Waals surface area contributed by atoms with Gasteiger partial charge >= 0.3 is 5.95 Å². The molecule has 0 fully saturated rings. The van der Waals surface area contributed by atoms with Gasteiger partial charge in [-0.1, -0.05) is 18.2 Å². The summed E-state index contributed by atoms with van der Waals surface area (Å²) in [7, 11) is 0. The van der Waals surface area contributed by atoms with Crippen molar-refractivity contribution in [2.24, 2.45) is 0 Å². The average Bonchev–Trinajstić information content (AvgIpc) is 3.07. The van der Waals surface area contributed by atoms with Crippen molar-refractivity contribution in [3.05, 3.63) is 46.7 Å². The first-order valence-electron chi connectivity index (χ1n) is 6.70. The third-order valence-corrected chi connectivity index (χ3v) is 4.53. The number of nitrogens with zero attached hydrogens (tertiary/aromatic N) is 2. The lowest BCUT2D eigenvalue weighted by atomic mass is 10.2. The summed E-state index contributed by atoms with van der Waals surface area (Å²) in [5.41, 5.74) is 8.41. The Kier molecular flexibility index (Phi) is 3.46. The van der Waals surface area contributed by atoms with Gasteiger partial charge in [-0.3, -0.25) is 5.73 Å². The number of imidazole rings is 1. The molecule has 1 aromatic carbocycles.